The highest BCUT2D eigenvalue weighted by molar-refractivity contribution is 9.10. The van der Waals surface area contributed by atoms with Gasteiger partial charge in [-0.25, -0.2) is 0 Å². The van der Waals surface area contributed by atoms with Crippen LogP contribution in [0.25, 0.3) is 0 Å². The Balaban J connectivity index is 2.32. The molecule has 1 aromatic rings. The fraction of sp³-hybridized carbons (Fsp3) is 0.167. The fourth-order valence-corrected chi connectivity index (χ4v) is 3.14. The van der Waals surface area contributed by atoms with Crippen molar-refractivity contribution in [3.63, 3.8) is 0 Å². The van der Waals surface area contributed by atoms with Crippen molar-refractivity contribution in [2.24, 2.45) is 0 Å². The number of anilines is 1. The normalized spacial score (nSPS) is 17.7. The average molecular weight is 343 g/mol. The second kappa shape index (κ2) is 5.42. The maximum Gasteiger partial charge on any atom is 0.272 e. The van der Waals surface area contributed by atoms with Crippen LogP contribution in [0.4, 0.5) is 5.69 Å². The van der Waals surface area contributed by atoms with Gasteiger partial charge in [-0.05, 0) is 24.3 Å². The number of rotatable bonds is 2. The predicted octanol–water partition coefficient (Wildman–Crippen LogP) is 3.22. The van der Waals surface area contributed by atoms with Crippen molar-refractivity contribution in [3.05, 3.63) is 39.8 Å². The molecule has 94 valence electrons. The zero-order chi connectivity index (χ0) is 13.3. The minimum atomic E-state index is -0.0685. The second-order valence-corrected chi connectivity index (χ2v) is 6.53. The molecule has 1 heterocycles. The van der Waals surface area contributed by atoms with Crippen molar-refractivity contribution < 1.29 is 4.79 Å². The van der Waals surface area contributed by atoms with Crippen LogP contribution in [-0.4, -0.2) is 29.2 Å². The van der Waals surface area contributed by atoms with Crippen molar-refractivity contribution in [2.75, 3.05) is 19.0 Å². The van der Waals surface area contributed by atoms with Crippen molar-refractivity contribution >= 4 is 55.8 Å². The van der Waals surface area contributed by atoms with Crippen molar-refractivity contribution in [2.45, 2.75) is 0 Å². The Morgan fingerprint density at radius 2 is 1.94 bits per heavy atom. The van der Waals surface area contributed by atoms with E-state index in [0.29, 0.717) is 9.23 Å². The van der Waals surface area contributed by atoms with E-state index < -0.39 is 0 Å². The number of carbonyl (C=O) groups excluding carboxylic acids is 1. The molecular weight excluding hydrogens is 332 g/mol. The number of nitrogens with zero attached hydrogens (tertiary/aromatic N) is 2. The lowest BCUT2D eigenvalue weighted by atomic mass is 10.3. The molecular formula is C12H11BrN2OS2. The first-order chi connectivity index (χ1) is 8.49. The summed E-state index contributed by atoms with van der Waals surface area (Å²) in [4.78, 5) is 16.3. The SMILES string of the molecule is CN(C)/C=C1/SC(=S)N(c2ccc(Br)cc2)C1=O. The smallest absolute Gasteiger partial charge is 0.272 e. The first-order valence-electron chi connectivity index (χ1n) is 5.19. The molecule has 2 rings (SSSR count). The molecule has 0 N–H and O–H groups in total. The van der Waals surface area contributed by atoms with Gasteiger partial charge in [0.05, 0.1) is 10.6 Å². The molecule has 0 saturated carbocycles. The van der Waals surface area contributed by atoms with Crippen LogP contribution in [0.5, 0.6) is 0 Å². The monoisotopic (exact) mass is 342 g/mol. The van der Waals surface area contributed by atoms with Gasteiger partial charge in [-0.15, -0.1) is 0 Å². The maximum absolute atomic E-state index is 12.2. The molecule has 3 nitrogen and oxygen atoms in total. The van der Waals surface area contributed by atoms with Gasteiger partial charge in [0.25, 0.3) is 5.91 Å². The first kappa shape index (κ1) is 13.6. The van der Waals surface area contributed by atoms with E-state index in [1.807, 2.05) is 43.3 Å². The van der Waals surface area contributed by atoms with Gasteiger partial charge in [0.1, 0.15) is 0 Å². The summed E-state index contributed by atoms with van der Waals surface area (Å²) in [6.45, 7) is 0. The number of hydrogen-bond acceptors (Lipinski definition) is 4. The van der Waals surface area contributed by atoms with Crippen LogP contribution in [0.1, 0.15) is 0 Å². The van der Waals surface area contributed by atoms with Crippen LogP contribution in [0, 0.1) is 0 Å². The Kier molecular flexibility index (Phi) is 4.09. The predicted molar refractivity (Wildman–Crippen MR) is 83.6 cm³/mol. The highest BCUT2D eigenvalue weighted by atomic mass is 79.9. The molecule has 0 unspecified atom stereocenters. The Hall–Kier alpha value is -0.850. The third kappa shape index (κ3) is 2.76. The Morgan fingerprint density at radius 3 is 2.50 bits per heavy atom. The number of hydrogen-bond donors (Lipinski definition) is 0. The maximum atomic E-state index is 12.2. The minimum absolute atomic E-state index is 0.0685. The lowest BCUT2D eigenvalue weighted by Crippen LogP contribution is -2.27. The zero-order valence-electron chi connectivity index (χ0n) is 9.88. The average Bonchev–Trinajstić information content (AvgIpc) is 2.55. The summed E-state index contributed by atoms with van der Waals surface area (Å²) in [7, 11) is 3.76. The molecule has 0 spiro atoms. The molecule has 1 aromatic carbocycles. The number of carbonyl (C=O) groups is 1. The van der Waals surface area contributed by atoms with Gasteiger partial charge in [-0.2, -0.15) is 0 Å². The summed E-state index contributed by atoms with van der Waals surface area (Å²) in [5.41, 5.74) is 0.794. The van der Waals surface area contributed by atoms with Gasteiger partial charge in [-0.1, -0.05) is 39.9 Å². The molecule has 1 fully saturated rings. The molecule has 0 radical (unpaired) electrons. The van der Waals surface area contributed by atoms with Crippen LogP contribution >= 0.6 is 39.9 Å². The van der Waals surface area contributed by atoms with Crippen molar-refractivity contribution in [1.82, 2.24) is 4.90 Å². The third-order valence-corrected chi connectivity index (χ3v) is 4.07. The largest absolute Gasteiger partial charge is 0.382 e. The van der Waals surface area contributed by atoms with E-state index in [0.717, 1.165) is 10.2 Å². The highest BCUT2D eigenvalue weighted by Gasteiger charge is 2.33. The molecule has 1 amide bonds. The van der Waals surface area contributed by atoms with Gasteiger partial charge in [0, 0.05) is 24.8 Å². The lowest BCUT2D eigenvalue weighted by molar-refractivity contribution is -0.113. The fourth-order valence-electron chi connectivity index (χ4n) is 1.51. The summed E-state index contributed by atoms with van der Waals surface area (Å²) in [5.74, 6) is -0.0685. The van der Waals surface area contributed by atoms with E-state index in [9.17, 15) is 4.79 Å². The lowest BCUT2D eigenvalue weighted by Gasteiger charge is -2.14. The van der Waals surface area contributed by atoms with Crippen LogP contribution in [0.2, 0.25) is 0 Å². The number of amides is 1. The Labute approximate surface area is 124 Å². The van der Waals surface area contributed by atoms with Crippen molar-refractivity contribution in [3.8, 4) is 0 Å². The number of benzene rings is 1. The van der Waals surface area contributed by atoms with Crippen LogP contribution in [0.3, 0.4) is 0 Å². The van der Waals surface area contributed by atoms with E-state index in [2.05, 4.69) is 15.9 Å². The number of thiocarbonyl (C=S) groups is 1. The molecule has 1 aliphatic heterocycles. The summed E-state index contributed by atoms with van der Waals surface area (Å²) < 4.78 is 1.54. The summed E-state index contributed by atoms with van der Waals surface area (Å²) in [6, 6.07) is 7.52. The van der Waals surface area contributed by atoms with E-state index >= 15 is 0 Å². The summed E-state index contributed by atoms with van der Waals surface area (Å²) in [5, 5.41) is 0. The molecule has 1 saturated heterocycles. The quantitative estimate of drug-likeness (QED) is 0.608. The number of halogens is 1. The van der Waals surface area contributed by atoms with E-state index in [1.165, 1.54) is 11.8 Å². The van der Waals surface area contributed by atoms with Gasteiger partial charge in [0.2, 0.25) is 0 Å². The van der Waals surface area contributed by atoms with Crippen LogP contribution < -0.4 is 4.90 Å². The van der Waals surface area contributed by atoms with Gasteiger partial charge >= 0.3 is 0 Å². The standard InChI is InChI=1S/C12H11BrN2OS2/c1-14(2)7-10-11(16)15(12(17)18-10)9-5-3-8(13)4-6-9/h3-7H,1-2H3/b10-7+. The van der Waals surface area contributed by atoms with Crippen LogP contribution in [-0.2, 0) is 4.79 Å². The highest BCUT2D eigenvalue weighted by Crippen LogP contribution is 2.35. The molecule has 1 aliphatic rings. The first-order valence-corrected chi connectivity index (χ1v) is 7.21. The second-order valence-electron chi connectivity index (χ2n) is 3.94. The number of thioether (sulfide) groups is 1. The zero-order valence-corrected chi connectivity index (χ0v) is 13.1. The van der Waals surface area contributed by atoms with Gasteiger partial charge in [0.15, 0.2) is 4.32 Å². The topological polar surface area (TPSA) is 23.6 Å². The molecule has 0 bridgehead atoms. The van der Waals surface area contributed by atoms with Crippen molar-refractivity contribution in [1.29, 1.82) is 0 Å². The summed E-state index contributed by atoms with van der Waals surface area (Å²) >= 11 is 9.95. The summed E-state index contributed by atoms with van der Waals surface area (Å²) in [6.07, 6.45) is 1.79. The van der Waals surface area contributed by atoms with E-state index in [-0.39, 0.29) is 5.91 Å². The van der Waals surface area contributed by atoms with E-state index in [1.54, 1.807) is 11.1 Å². The van der Waals surface area contributed by atoms with Gasteiger partial charge < -0.3 is 4.90 Å². The molecule has 6 heteroatoms. The molecule has 0 aromatic heterocycles. The third-order valence-electron chi connectivity index (χ3n) is 2.25. The Morgan fingerprint density at radius 1 is 1.33 bits per heavy atom. The Bertz CT molecular complexity index is 525. The van der Waals surface area contributed by atoms with Gasteiger partial charge in [-0.3, -0.25) is 9.69 Å². The van der Waals surface area contributed by atoms with Crippen LogP contribution in [0.15, 0.2) is 39.8 Å². The molecule has 0 aliphatic carbocycles. The molecule has 18 heavy (non-hydrogen) atoms. The minimum Gasteiger partial charge on any atom is -0.382 e. The van der Waals surface area contributed by atoms with E-state index in [4.69, 9.17) is 12.2 Å². The molecule has 0 atom stereocenters.